The SMILES string of the molecule is CCOc1ccc2oncc2c1. The highest BCUT2D eigenvalue weighted by Gasteiger charge is 1.99. The molecule has 1 aromatic heterocycles. The van der Waals surface area contributed by atoms with Gasteiger partial charge in [0, 0.05) is 5.39 Å². The molecule has 1 aromatic carbocycles. The van der Waals surface area contributed by atoms with Gasteiger partial charge in [-0.3, -0.25) is 0 Å². The number of ether oxygens (including phenoxy) is 1. The van der Waals surface area contributed by atoms with Gasteiger partial charge in [-0.25, -0.2) is 0 Å². The lowest BCUT2D eigenvalue weighted by Gasteiger charge is -2.00. The van der Waals surface area contributed by atoms with Crippen LogP contribution < -0.4 is 4.74 Å². The number of hydrogen-bond donors (Lipinski definition) is 0. The van der Waals surface area contributed by atoms with E-state index in [1.165, 1.54) is 0 Å². The Bertz CT molecular complexity index is 381. The highest BCUT2D eigenvalue weighted by molar-refractivity contribution is 5.77. The van der Waals surface area contributed by atoms with Crippen molar-refractivity contribution in [2.24, 2.45) is 0 Å². The molecule has 0 atom stereocenters. The fourth-order valence-corrected chi connectivity index (χ4v) is 1.11. The Kier molecular flexibility index (Phi) is 1.70. The van der Waals surface area contributed by atoms with E-state index in [9.17, 15) is 0 Å². The van der Waals surface area contributed by atoms with Gasteiger partial charge in [0.15, 0.2) is 5.58 Å². The maximum atomic E-state index is 5.31. The quantitative estimate of drug-likeness (QED) is 0.680. The lowest BCUT2D eigenvalue weighted by Crippen LogP contribution is -1.89. The first-order chi connectivity index (χ1) is 5.90. The summed E-state index contributed by atoms with van der Waals surface area (Å²) in [4.78, 5) is 0. The minimum Gasteiger partial charge on any atom is -0.494 e. The average Bonchev–Trinajstić information content (AvgIpc) is 2.51. The first kappa shape index (κ1) is 7.16. The molecule has 62 valence electrons. The number of hydrogen-bond acceptors (Lipinski definition) is 3. The summed E-state index contributed by atoms with van der Waals surface area (Å²) < 4.78 is 10.3. The molecule has 0 amide bonds. The molecule has 0 fully saturated rings. The van der Waals surface area contributed by atoms with Crippen LogP contribution >= 0.6 is 0 Å². The zero-order valence-electron chi connectivity index (χ0n) is 6.78. The maximum Gasteiger partial charge on any atom is 0.167 e. The van der Waals surface area contributed by atoms with Crippen molar-refractivity contribution in [1.29, 1.82) is 0 Å². The minimum atomic E-state index is 0.677. The molecule has 0 N–H and O–H groups in total. The summed E-state index contributed by atoms with van der Waals surface area (Å²) in [5.41, 5.74) is 0.790. The van der Waals surface area contributed by atoms with E-state index in [1.54, 1.807) is 6.20 Å². The summed E-state index contributed by atoms with van der Waals surface area (Å²) in [7, 11) is 0. The molecule has 0 saturated carbocycles. The average molecular weight is 163 g/mol. The third-order valence-electron chi connectivity index (χ3n) is 1.64. The third-order valence-corrected chi connectivity index (χ3v) is 1.64. The molecule has 2 aromatic rings. The van der Waals surface area contributed by atoms with E-state index in [1.807, 2.05) is 25.1 Å². The van der Waals surface area contributed by atoms with E-state index in [4.69, 9.17) is 9.26 Å². The summed E-state index contributed by atoms with van der Waals surface area (Å²) in [5, 5.41) is 4.65. The van der Waals surface area contributed by atoms with Crippen molar-refractivity contribution < 1.29 is 9.26 Å². The van der Waals surface area contributed by atoms with Crippen LogP contribution in [-0.4, -0.2) is 11.8 Å². The van der Waals surface area contributed by atoms with Crippen LogP contribution in [0.4, 0.5) is 0 Å². The van der Waals surface area contributed by atoms with Crippen LogP contribution in [0.1, 0.15) is 6.92 Å². The zero-order valence-corrected chi connectivity index (χ0v) is 6.78. The molecule has 1 heterocycles. The topological polar surface area (TPSA) is 35.3 Å². The second kappa shape index (κ2) is 2.85. The molecule has 0 aliphatic carbocycles. The van der Waals surface area contributed by atoms with Crippen LogP contribution in [-0.2, 0) is 0 Å². The summed E-state index contributed by atoms with van der Waals surface area (Å²) in [5.74, 6) is 0.855. The van der Waals surface area contributed by atoms with Crippen LogP contribution in [0.5, 0.6) is 5.75 Å². The number of nitrogens with zero attached hydrogens (tertiary/aromatic N) is 1. The maximum absolute atomic E-state index is 5.31. The zero-order chi connectivity index (χ0) is 8.39. The van der Waals surface area contributed by atoms with Gasteiger partial charge in [0.25, 0.3) is 0 Å². The molecule has 0 aliphatic heterocycles. The lowest BCUT2D eigenvalue weighted by atomic mass is 10.2. The van der Waals surface area contributed by atoms with Gasteiger partial charge in [-0.1, -0.05) is 5.16 Å². The Morgan fingerprint density at radius 2 is 2.42 bits per heavy atom. The van der Waals surface area contributed by atoms with Crippen LogP contribution in [0.3, 0.4) is 0 Å². The molecule has 0 spiro atoms. The second-order valence-corrected chi connectivity index (χ2v) is 2.46. The van der Waals surface area contributed by atoms with Crippen LogP contribution in [0, 0.1) is 0 Å². The Morgan fingerprint density at radius 1 is 1.50 bits per heavy atom. The van der Waals surface area contributed by atoms with E-state index in [-0.39, 0.29) is 0 Å². The van der Waals surface area contributed by atoms with E-state index in [0.717, 1.165) is 16.7 Å². The molecule has 0 bridgehead atoms. The minimum absolute atomic E-state index is 0.677. The standard InChI is InChI=1S/C9H9NO2/c1-2-11-8-3-4-9-7(5-8)6-10-12-9/h3-6H,2H2,1H3. The number of aromatic nitrogens is 1. The molecule has 12 heavy (non-hydrogen) atoms. The van der Waals surface area contributed by atoms with Crippen molar-refractivity contribution in [3.05, 3.63) is 24.4 Å². The first-order valence-corrected chi connectivity index (χ1v) is 3.87. The van der Waals surface area contributed by atoms with Crippen molar-refractivity contribution in [2.45, 2.75) is 6.92 Å². The van der Waals surface area contributed by atoms with Gasteiger partial charge in [0.1, 0.15) is 5.75 Å². The van der Waals surface area contributed by atoms with Crippen molar-refractivity contribution in [1.82, 2.24) is 5.16 Å². The summed E-state index contributed by atoms with van der Waals surface area (Å²) >= 11 is 0. The Balaban J connectivity index is 2.46. The molecule has 3 nitrogen and oxygen atoms in total. The van der Waals surface area contributed by atoms with E-state index in [2.05, 4.69) is 5.16 Å². The number of rotatable bonds is 2. The van der Waals surface area contributed by atoms with Crippen LogP contribution in [0.2, 0.25) is 0 Å². The van der Waals surface area contributed by atoms with Crippen LogP contribution in [0.25, 0.3) is 11.0 Å². The van der Waals surface area contributed by atoms with Gasteiger partial charge >= 0.3 is 0 Å². The van der Waals surface area contributed by atoms with Crippen molar-refractivity contribution in [2.75, 3.05) is 6.61 Å². The van der Waals surface area contributed by atoms with Crippen molar-refractivity contribution >= 4 is 11.0 Å². The van der Waals surface area contributed by atoms with Crippen LogP contribution in [0.15, 0.2) is 28.9 Å². The fourth-order valence-electron chi connectivity index (χ4n) is 1.11. The third kappa shape index (κ3) is 1.13. The van der Waals surface area contributed by atoms with Crippen molar-refractivity contribution in [3.8, 4) is 5.75 Å². The summed E-state index contributed by atoms with van der Waals surface area (Å²) in [6.45, 7) is 2.63. The van der Waals surface area contributed by atoms with Gasteiger partial charge in [-0.05, 0) is 25.1 Å². The molecule has 2 rings (SSSR count). The van der Waals surface area contributed by atoms with E-state index in [0.29, 0.717) is 6.61 Å². The fraction of sp³-hybridized carbons (Fsp3) is 0.222. The second-order valence-electron chi connectivity index (χ2n) is 2.46. The van der Waals surface area contributed by atoms with Crippen molar-refractivity contribution in [3.63, 3.8) is 0 Å². The molecule has 3 heteroatoms. The van der Waals surface area contributed by atoms with Gasteiger partial charge in [-0.15, -0.1) is 0 Å². The Morgan fingerprint density at radius 3 is 3.25 bits per heavy atom. The Hall–Kier alpha value is -1.51. The van der Waals surface area contributed by atoms with E-state index < -0.39 is 0 Å². The molecular formula is C9H9NO2. The lowest BCUT2D eigenvalue weighted by molar-refractivity contribution is 0.340. The molecule has 0 saturated heterocycles. The predicted octanol–water partition coefficient (Wildman–Crippen LogP) is 2.23. The summed E-state index contributed by atoms with van der Waals surface area (Å²) in [6, 6.07) is 5.64. The van der Waals surface area contributed by atoms with Gasteiger partial charge < -0.3 is 9.26 Å². The molecule has 0 unspecified atom stereocenters. The molecular weight excluding hydrogens is 154 g/mol. The number of benzene rings is 1. The Labute approximate surface area is 69.9 Å². The molecule has 0 aliphatic rings. The van der Waals surface area contributed by atoms with Gasteiger partial charge in [-0.2, -0.15) is 0 Å². The monoisotopic (exact) mass is 163 g/mol. The highest BCUT2D eigenvalue weighted by atomic mass is 16.5. The molecule has 0 radical (unpaired) electrons. The number of fused-ring (bicyclic) bond motifs is 1. The normalized spacial score (nSPS) is 10.4. The first-order valence-electron chi connectivity index (χ1n) is 3.87. The highest BCUT2D eigenvalue weighted by Crippen LogP contribution is 2.19. The summed E-state index contributed by atoms with van der Waals surface area (Å²) in [6.07, 6.45) is 1.68. The van der Waals surface area contributed by atoms with E-state index >= 15 is 0 Å². The largest absolute Gasteiger partial charge is 0.494 e. The predicted molar refractivity (Wildman–Crippen MR) is 45.2 cm³/mol. The van der Waals surface area contributed by atoms with Gasteiger partial charge in [0.05, 0.1) is 12.8 Å². The van der Waals surface area contributed by atoms with Gasteiger partial charge in [0.2, 0.25) is 0 Å². The smallest absolute Gasteiger partial charge is 0.167 e.